The van der Waals surface area contributed by atoms with Gasteiger partial charge in [0.05, 0.1) is 24.4 Å². The van der Waals surface area contributed by atoms with Gasteiger partial charge >= 0.3 is 0 Å². The number of rotatable bonds is 10. The van der Waals surface area contributed by atoms with Gasteiger partial charge in [-0.2, -0.15) is 0 Å². The van der Waals surface area contributed by atoms with Gasteiger partial charge in [0.1, 0.15) is 0 Å². The van der Waals surface area contributed by atoms with Crippen molar-refractivity contribution in [2.75, 3.05) is 53.4 Å². The molecule has 0 bridgehead atoms. The summed E-state index contributed by atoms with van der Waals surface area (Å²) in [5.74, 6) is -2.31. The van der Waals surface area contributed by atoms with Crippen molar-refractivity contribution in [1.82, 2.24) is 19.6 Å². The maximum atomic E-state index is 14.1. The van der Waals surface area contributed by atoms with E-state index in [0.29, 0.717) is 37.3 Å². The third-order valence-electron chi connectivity index (χ3n) is 7.70. The number of amides is 4. The van der Waals surface area contributed by atoms with Gasteiger partial charge in [-0.25, -0.2) is 0 Å². The minimum atomic E-state index is -0.629. The van der Waals surface area contributed by atoms with Gasteiger partial charge in [0.25, 0.3) is 5.91 Å². The van der Waals surface area contributed by atoms with Gasteiger partial charge in [0.15, 0.2) is 0 Å². The van der Waals surface area contributed by atoms with Crippen molar-refractivity contribution in [1.29, 1.82) is 0 Å². The number of halogens is 1. The van der Waals surface area contributed by atoms with Crippen LogP contribution in [0.5, 0.6) is 0 Å². The third kappa shape index (κ3) is 6.55. The molecule has 2 N–H and O–H groups in total. The lowest BCUT2D eigenvalue weighted by Gasteiger charge is -2.44. The molecule has 40 heavy (non-hydrogen) atoms. The predicted molar refractivity (Wildman–Crippen MR) is 156 cm³/mol. The summed E-state index contributed by atoms with van der Waals surface area (Å²) < 4.78 is 0.888. The molecule has 2 aromatic rings. The molecule has 0 radical (unpaired) electrons. The monoisotopic (exact) mass is 611 g/mol. The number of benzene rings is 2. The fourth-order valence-corrected chi connectivity index (χ4v) is 5.95. The smallest absolute Gasteiger partial charge is 0.254 e. The van der Waals surface area contributed by atoms with E-state index < -0.39 is 23.8 Å². The van der Waals surface area contributed by atoms with Crippen molar-refractivity contribution >= 4 is 39.6 Å². The molecule has 0 spiro atoms. The van der Waals surface area contributed by atoms with Crippen molar-refractivity contribution < 1.29 is 19.2 Å². The van der Waals surface area contributed by atoms with E-state index in [4.69, 9.17) is 5.73 Å². The van der Waals surface area contributed by atoms with E-state index >= 15 is 0 Å². The molecule has 10 heteroatoms. The Morgan fingerprint density at radius 2 is 1.68 bits per heavy atom. The molecule has 4 rings (SSSR count). The molecule has 3 unspecified atom stereocenters. The summed E-state index contributed by atoms with van der Waals surface area (Å²) >= 11 is 3.49. The summed E-state index contributed by atoms with van der Waals surface area (Å²) in [6.45, 7) is 3.95. The first-order valence-electron chi connectivity index (χ1n) is 13.7. The van der Waals surface area contributed by atoms with Gasteiger partial charge in [-0.1, -0.05) is 53.2 Å². The van der Waals surface area contributed by atoms with E-state index in [1.807, 2.05) is 60.3 Å². The Kier molecular flexibility index (Phi) is 9.63. The molecule has 214 valence electrons. The molecule has 2 aliphatic heterocycles. The maximum absolute atomic E-state index is 14.1. The Balaban J connectivity index is 1.74. The summed E-state index contributed by atoms with van der Waals surface area (Å²) in [6.07, 6.45) is 1.92. The van der Waals surface area contributed by atoms with E-state index in [2.05, 4.69) is 15.9 Å². The Labute approximate surface area is 244 Å². The number of nitrogens with zero attached hydrogens (tertiary/aromatic N) is 4. The standard InChI is InChI=1S/C30H38BrN5O4/c1-20(28(38)35(19-25(32)37)17-16-33(2)3)18-36-27(21-10-12-22(31)13-11-21)26(30(40)34-14-6-7-15-34)23-8-4-5-9-24(23)29(36)39/h4-5,8-13,20,26-27H,6-7,14-19H2,1-3H3,(H2,32,37). The maximum Gasteiger partial charge on any atom is 0.254 e. The number of likely N-dealkylation sites (N-methyl/N-ethyl adjacent to an activating group) is 1. The van der Waals surface area contributed by atoms with Crippen molar-refractivity contribution in [2.24, 2.45) is 11.7 Å². The minimum Gasteiger partial charge on any atom is -0.368 e. The lowest BCUT2D eigenvalue weighted by Crippen LogP contribution is -2.51. The Bertz CT molecular complexity index is 1240. The summed E-state index contributed by atoms with van der Waals surface area (Å²) in [4.78, 5) is 60.5. The zero-order valence-corrected chi connectivity index (χ0v) is 25.0. The highest BCUT2D eigenvalue weighted by atomic mass is 79.9. The van der Waals surface area contributed by atoms with Crippen LogP contribution in [0.15, 0.2) is 53.0 Å². The van der Waals surface area contributed by atoms with Crippen LogP contribution in [-0.4, -0.2) is 96.6 Å². The number of carbonyl (C=O) groups is 4. The lowest BCUT2D eigenvalue weighted by molar-refractivity contribution is -0.139. The van der Waals surface area contributed by atoms with E-state index in [1.54, 1.807) is 24.0 Å². The van der Waals surface area contributed by atoms with Gasteiger partial charge in [0, 0.05) is 42.8 Å². The molecule has 1 fully saturated rings. The second-order valence-corrected chi connectivity index (χ2v) is 11.9. The zero-order chi connectivity index (χ0) is 29.0. The number of nitrogens with two attached hydrogens (primary N) is 1. The quantitative estimate of drug-likeness (QED) is 0.444. The van der Waals surface area contributed by atoms with Crippen LogP contribution in [0.4, 0.5) is 0 Å². The Morgan fingerprint density at radius 3 is 2.30 bits per heavy atom. The number of fused-ring (bicyclic) bond motifs is 1. The highest BCUT2D eigenvalue weighted by Crippen LogP contribution is 2.44. The SMILES string of the molecule is CC(CN1C(=O)c2ccccc2C(C(=O)N2CCCC2)C1c1ccc(Br)cc1)C(=O)N(CCN(C)C)CC(N)=O. The minimum absolute atomic E-state index is 0.00399. The highest BCUT2D eigenvalue weighted by Gasteiger charge is 2.46. The lowest BCUT2D eigenvalue weighted by atomic mass is 9.78. The molecule has 0 aliphatic carbocycles. The average molecular weight is 613 g/mol. The van der Waals surface area contributed by atoms with E-state index in [1.165, 1.54) is 4.90 Å². The topological polar surface area (TPSA) is 107 Å². The van der Waals surface area contributed by atoms with E-state index in [9.17, 15) is 19.2 Å². The van der Waals surface area contributed by atoms with Crippen LogP contribution >= 0.6 is 15.9 Å². The molecule has 2 aliphatic rings. The third-order valence-corrected chi connectivity index (χ3v) is 8.23. The molecule has 0 saturated carbocycles. The largest absolute Gasteiger partial charge is 0.368 e. The number of likely N-dealkylation sites (tertiary alicyclic amines) is 1. The number of primary amides is 1. The Hall–Kier alpha value is -3.24. The normalized spacial score (nSPS) is 19.5. The first-order valence-corrected chi connectivity index (χ1v) is 14.5. The van der Waals surface area contributed by atoms with Crippen LogP contribution in [0.2, 0.25) is 0 Å². The second-order valence-electron chi connectivity index (χ2n) is 11.0. The van der Waals surface area contributed by atoms with Crippen LogP contribution in [0.25, 0.3) is 0 Å². The van der Waals surface area contributed by atoms with Crippen molar-refractivity contribution in [3.8, 4) is 0 Å². The van der Waals surface area contributed by atoms with Gasteiger partial charge < -0.3 is 25.3 Å². The molecule has 0 aromatic heterocycles. The summed E-state index contributed by atoms with van der Waals surface area (Å²) in [7, 11) is 3.78. The summed E-state index contributed by atoms with van der Waals surface area (Å²) in [5.41, 5.74) is 7.48. The number of hydrogen-bond acceptors (Lipinski definition) is 5. The average Bonchev–Trinajstić information content (AvgIpc) is 3.47. The molecule has 3 atom stereocenters. The van der Waals surface area contributed by atoms with E-state index in [0.717, 1.165) is 22.9 Å². The summed E-state index contributed by atoms with van der Waals surface area (Å²) in [5, 5.41) is 0. The number of hydrogen-bond donors (Lipinski definition) is 1. The highest BCUT2D eigenvalue weighted by molar-refractivity contribution is 9.10. The van der Waals surface area contributed by atoms with Gasteiger partial charge in [-0.3, -0.25) is 19.2 Å². The van der Waals surface area contributed by atoms with Crippen LogP contribution in [0.1, 0.15) is 53.2 Å². The van der Waals surface area contributed by atoms with Crippen molar-refractivity contribution in [3.05, 3.63) is 69.7 Å². The van der Waals surface area contributed by atoms with E-state index in [-0.39, 0.29) is 30.8 Å². The molecule has 2 aromatic carbocycles. The van der Waals surface area contributed by atoms with Gasteiger partial charge in [-0.05, 0) is 56.3 Å². The Morgan fingerprint density at radius 1 is 1.02 bits per heavy atom. The fourth-order valence-electron chi connectivity index (χ4n) is 5.69. The first-order chi connectivity index (χ1) is 19.1. The molecule has 9 nitrogen and oxygen atoms in total. The number of carbonyl (C=O) groups excluding carboxylic acids is 4. The first kappa shape index (κ1) is 29.7. The molecular weight excluding hydrogens is 574 g/mol. The van der Waals surface area contributed by atoms with Crippen LogP contribution in [0.3, 0.4) is 0 Å². The molecule has 1 saturated heterocycles. The van der Waals surface area contributed by atoms with Crippen LogP contribution < -0.4 is 5.73 Å². The molecule has 2 heterocycles. The van der Waals surface area contributed by atoms with Crippen molar-refractivity contribution in [2.45, 2.75) is 31.7 Å². The zero-order valence-electron chi connectivity index (χ0n) is 23.4. The summed E-state index contributed by atoms with van der Waals surface area (Å²) in [6, 6.07) is 14.4. The fraction of sp³-hybridized carbons (Fsp3) is 0.467. The molecular formula is C30H38BrN5O4. The van der Waals surface area contributed by atoms with Gasteiger partial charge in [0.2, 0.25) is 17.7 Å². The van der Waals surface area contributed by atoms with Crippen LogP contribution in [-0.2, 0) is 14.4 Å². The van der Waals surface area contributed by atoms with Gasteiger partial charge in [-0.15, -0.1) is 0 Å². The van der Waals surface area contributed by atoms with Crippen molar-refractivity contribution in [3.63, 3.8) is 0 Å². The molecule has 4 amide bonds. The predicted octanol–water partition coefficient (Wildman–Crippen LogP) is 2.86. The van der Waals surface area contributed by atoms with Crippen LogP contribution in [0, 0.1) is 5.92 Å². The second kappa shape index (κ2) is 13.0.